The summed E-state index contributed by atoms with van der Waals surface area (Å²) in [6.45, 7) is 1.69. The Hall–Kier alpha value is -3.66. The second-order valence-electron chi connectivity index (χ2n) is 7.37. The van der Waals surface area contributed by atoms with Gasteiger partial charge < -0.3 is 14.5 Å². The van der Waals surface area contributed by atoms with Crippen LogP contribution in [-0.2, 0) is 16.0 Å². The Morgan fingerprint density at radius 1 is 1.17 bits per heavy atom. The average Bonchev–Trinajstić information content (AvgIpc) is 2.75. The van der Waals surface area contributed by atoms with Gasteiger partial charge in [-0.1, -0.05) is 18.2 Å². The Kier molecular flexibility index (Phi) is 5.61. The molecule has 0 spiro atoms. The normalized spacial score (nSPS) is 20.5. The molecular formula is C23H22FN3O3. The van der Waals surface area contributed by atoms with Crippen LogP contribution in [0.25, 0.3) is 6.08 Å². The van der Waals surface area contributed by atoms with Crippen molar-refractivity contribution in [1.82, 2.24) is 9.80 Å². The molecular weight excluding hydrogens is 385 g/mol. The van der Waals surface area contributed by atoms with E-state index in [-0.39, 0.29) is 29.7 Å². The van der Waals surface area contributed by atoms with Gasteiger partial charge in [0.15, 0.2) is 0 Å². The van der Waals surface area contributed by atoms with Gasteiger partial charge in [-0.25, -0.2) is 4.39 Å². The minimum Gasteiger partial charge on any atom is -0.496 e. The van der Waals surface area contributed by atoms with Crippen LogP contribution >= 0.6 is 0 Å². The zero-order valence-corrected chi connectivity index (χ0v) is 17.3. The Balaban J connectivity index is 2.03. The van der Waals surface area contributed by atoms with E-state index in [1.54, 1.807) is 44.3 Å². The summed E-state index contributed by atoms with van der Waals surface area (Å²) in [5.41, 5.74) is 0.503. The molecule has 2 amide bonds. The summed E-state index contributed by atoms with van der Waals surface area (Å²) in [6.07, 6.45) is 1.75. The van der Waals surface area contributed by atoms with Gasteiger partial charge in [-0.3, -0.25) is 9.59 Å². The van der Waals surface area contributed by atoms with Crippen molar-refractivity contribution >= 4 is 17.9 Å². The van der Waals surface area contributed by atoms with Gasteiger partial charge in [-0.15, -0.1) is 0 Å². The Morgan fingerprint density at radius 2 is 1.83 bits per heavy atom. The first-order chi connectivity index (χ1) is 14.2. The van der Waals surface area contributed by atoms with Crippen molar-refractivity contribution < 1.29 is 18.7 Å². The first-order valence-electron chi connectivity index (χ1n) is 9.32. The molecule has 0 N–H and O–H groups in total. The standard InChI is InChI=1S/C23H22FN3O3/c1-23(13-15-8-10-17(24)11-9-15)22(29)26(2)19(21(28)27(23)3)12-18-16(14-25)6-5-7-20(18)30-4/h5-12H,13H2,1-4H3. The summed E-state index contributed by atoms with van der Waals surface area (Å²) < 4.78 is 18.6. The molecule has 0 radical (unpaired) electrons. The number of halogens is 1. The summed E-state index contributed by atoms with van der Waals surface area (Å²) in [5, 5.41) is 9.43. The number of nitriles is 1. The highest BCUT2D eigenvalue weighted by Gasteiger charge is 2.48. The molecule has 0 aromatic heterocycles. The molecule has 2 aromatic rings. The van der Waals surface area contributed by atoms with Crippen LogP contribution in [0.2, 0.25) is 0 Å². The van der Waals surface area contributed by atoms with Gasteiger partial charge >= 0.3 is 0 Å². The number of rotatable bonds is 4. The number of carbonyl (C=O) groups excluding carboxylic acids is 2. The van der Waals surface area contributed by atoms with Crippen LogP contribution in [-0.4, -0.2) is 48.4 Å². The van der Waals surface area contributed by atoms with Crippen molar-refractivity contribution in [3.63, 3.8) is 0 Å². The number of amides is 2. The van der Waals surface area contributed by atoms with Crippen LogP contribution in [0.3, 0.4) is 0 Å². The Morgan fingerprint density at radius 3 is 2.43 bits per heavy atom. The number of benzene rings is 2. The lowest BCUT2D eigenvalue weighted by Crippen LogP contribution is -2.64. The molecule has 0 saturated carbocycles. The number of likely N-dealkylation sites (N-methyl/N-ethyl adjacent to an activating group) is 2. The van der Waals surface area contributed by atoms with E-state index in [1.165, 1.54) is 42.2 Å². The van der Waals surface area contributed by atoms with Crippen molar-refractivity contribution in [2.45, 2.75) is 18.9 Å². The molecule has 0 bridgehead atoms. The lowest BCUT2D eigenvalue weighted by molar-refractivity contribution is -0.155. The molecule has 1 aliphatic heterocycles. The maximum Gasteiger partial charge on any atom is 0.271 e. The third-order valence-corrected chi connectivity index (χ3v) is 5.54. The summed E-state index contributed by atoms with van der Waals surface area (Å²) >= 11 is 0. The number of methoxy groups -OCH3 is 1. The van der Waals surface area contributed by atoms with Crippen LogP contribution in [0.4, 0.5) is 4.39 Å². The second-order valence-corrected chi connectivity index (χ2v) is 7.37. The molecule has 30 heavy (non-hydrogen) atoms. The van der Waals surface area contributed by atoms with E-state index in [9.17, 15) is 19.2 Å². The zero-order chi connectivity index (χ0) is 22.1. The van der Waals surface area contributed by atoms with E-state index in [1.807, 2.05) is 0 Å². The average molecular weight is 407 g/mol. The van der Waals surface area contributed by atoms with Gasteiger partial charge in [0.05, 0.1) is 18.7 Å². The van der Waals surface area contributed by atoms with E-state index in [2.05, 4.69) is 6.07 Å². The summed E-state index contributed by atoms with van der Waals surface area (Å²) in [4.78, 5) is 29.2. The van der Waals surface area contributed by atoms with E-state index in [0.29, 0.717) is 16.9 Å². The summed E-state index contributed by atoms with van der Waals surface area (Å²) in [5.74, 6) is -0.585. The quantitative estimate of drug-likeness (QED) is 0.731. The number of hydrogen-bond donors (Lipinski definition) is 0. The van der Waals surface area contributed by atoms with E-state index >= 15 is 0 Å². The van der Waals surface area contributed by atoms with Crippen molar-refractivity contribution in [3.8, 4) is 11.8 Å². The van der Waals surface area contributed by atoms with Crippen molar-refractivity contribution in [3.05, 3.63) is 70.7 Å². The minimum absolute atomic E-state index is 0.139. The van der Waals surface area contributed by atoms with Gasteiger partial charge in [-0.05, 0) is 42.8 Å². The molecule has 3 rings (SSSR count). The molecule has 0 aliphatic carbocycles. The lowest BCUT2D eigenvalue weighted by atomic mass is 9.87. The Bertz CT molecular complexity index is 1070. The number of nitrogens with zero attached hydrogens (tertiary/aromatic N) is 3. The fourth-order valence-electron chi connectivity index (χ4n) is 3.61. The summed E-state index contributed by atoms with van der Waals surface area (Å²) in [6, 6.07) is 12.9. The highest BCUT2D eigenvalue weighted by molar-refractivity contribution is 6.09. The van der Waals surface area contributed by atoms with Crippen molar-refractivity contribution in [2.24, 2.45) is 0 Å². The molecule has 2 aromatic carbocycles. The topological polar surface area (TPSA) is 73.6 Å². The van der Waals surface area contributed by atoms with Crippen LogP contribution in [0.15, 0.2) is 48.2 Å². The summed E-state index contributed by atoms with van der Waals surface area (Å²) in [7, 11) is 4.57. The maximum atomic E-state index is 13.3. The fraction of sp³-hybridized carbons (Fsp3) is 0.261. The van der Waals surface area contributed by atoms with Gasteiger partial charge in [0.2, 0.25) is 0 Å². The fourth-order valence-corrected chi connectivity index (χ4v) is 3.61. The predicted octanol–water partition coefficient (Wildman–Crippen LogP) is 2.98. The highest BCUT2D eigenvalue weighted by Crippen LogP contribution is 2.33. The molecule has 1 heterocycles. The van der Waals surface area contributed by atoms with E-state index in [4.69, 9.17) is 4.74 Å². The largest absolute Gasteiger partial charge is 0.496 e. The molecule has 1 fully saturated rings. The monoisotopic (exact) mass is 407 g/mol. The third-order valence-electron chi connectivity index (χ3n) is 5.54. The first-order valence-corrected chi connectivity index (χ1v) is 9.32. The second kappa shape index (κ2) is 7.99. The van der Waals surface area contributed by atoms with Gasteiger partial charge in [0, 0.05) is 26.1 Å². The number of piperazine rings is 1. The SMILES string of the molecule is COc1cccc(C#N)c1C=C1C(=O)N(C)C(C)(Cc2ccc(F)cc2)C(=O)N1C. The molecule has 1 aliphatic rings. The van der Waals surface area contributed by atoms with Gasteiger partial charge in [-0.2, -0.15) is 5.26 Å². The highest BCUT2D eigenvalue weighted by atomic mass is 19.1. The van der Waals surface area contributed by atoms with Gasteiger partial charge in [0.25, 0.3) is 11.8 Å². The smallest absolute Gasteiger partial charge is 0.271 e. The van der Waals surface area contributed by atoms with Crippen LogP contribution in [0.5, 0.6) is 5.75 Å². The van der Waals surface area contributed by atoms with E-state index < -0.39 is 5.54 Å². The molecule has 7 heteroatoms. The number of carbonyl (C=O) groups is 2. The minimum atomic E-state index is -1.14. The van der Waals surface area contributed by atoms with E-state index in [0.717, 1.165) is 5.56 Å². The zero-order valence-electron chi connectivity index (χ0n) is 17.3. The number of ether oxygens (including phenoxy) is 1. The van der Waals surface area contributed by atoms with Gasteiger partial charge in [0.1, 0.15) is 22.8 Å². The Labute approximate surface area is 174 Å². The third kappa shape index (κ3) is 3.52. The van der Waals surface area contributed by atoms with Crippen LogP contribution in [0.1, 0.15) is 23.6 Å². The molecule has 154 valence electrons. The molecule has 1 unspecified atom stereocenters. The lowest BCUT2D eigenvalue weighted by Gasteiger charge is -2.45. The van der Waals surface area contributed by atoms with Crippen molar-refractivity contribution in [1.29, 1.82) is 5.26 Å². The first kappa shape index (κ1) is 21.1. The molecule has 1 atom stereocenters. The predicted molar refractivity (Wildman–Crippen MR) is 110 cm³/mol. The van der Waals surface area contributed by atoms with Crippen LogP contribution < -0.4 is 4.74 Å². The number of hydrogen-bond acceptors (Lipinski definition) is 4. The molecule has 1 saturated heterocycles. The van der Waals surface area contributed by atoms with Crippen molar-refractivity contribution in [2.75, 3.05) is 21.2 Å². The van der Waals surface area contributed by atoms with Crippen LogP contribution in [0, 0.1) is 17.1 Å². The molecule has 6 nitrogen and oxygen atoms in total. The maximum absolute atomic E-state index is 13.3.